The molecule has 0 radical (unpaired) electrons. The number of benzene rings is 1. The summed E-state index contributed by atoms with van der Waals surface area (Å²) in [6, 6.07) is 2.78. The van der Waals surface area contributed by atoms with Crippen LogP contribution >= 0.6 is 11.6 Å². The minimum absolute atomic E-state index is 0.246. The van der Waals surface area contributed by atoms with Crippen molar-refractivity contribution in [2.75, 3.05) is 0 Å². The molecule has 0 aromatic heterocycles. The molecular weight excluding hydrogens is 297 g/mol. The summed E-state index contributed by atoms with van der Waals surface area (Å²) in [5.74, 6) is -0.837. The monoisotopic (exact) mass is 304 g/mol. The number of hydrogen-bond acceptors (Lipinski definition) is 2. The van der Waals surface area contributed by atoms with E-state index in [1.54, 1.807) is 6.07 Å². The molecule has 0 unspecified atom stereocenters. The third-order valence-electron chi connectivity index (χ3n) is 1.98. The summed E-state index contributed by atoms with van der Waals surface area (Å²) in [5, 5.41) is 8.46. The van der Waals surface area contributed by atoms with Crippen LogP contribution in [0.5, 0.6) is 0 Å². The minimum atomic E-state index is -4.64. The molecule has 0 heterocycles. The van der Waals surface area contributed by atoms with Gasteiger partial charge in [-0.05, 0) is 12.1 Å². The zero-order chi connectivity index (χ0) is 15.5. The second-order valence-corrected chi connectivity index (χ2v) is 3.88. The van der Waals surface area contributed by atoms with Crippen LogP contribution in [0.2, 0.25) is 5.02 Å². The Kier molecular flexibility index (Phi) is 4.41. The predicted octanol–water partition coefficient (Wildman–Crippen LogP) is 1.45. The second kappa shape index (κ2) is 5.66. The third-order valence-corrected chi connectivity index (χ3v) is 2.27. The number of nitriles is 1. The fraction of sp³-hybridized carbons (Fsp3) is 0.100. The van der Waals surface area contributed by atoms with Crippen molar-refractivity contribution < 1.29 is 13.2 Å². The highest BCUT2D eigenvalue weighted by atomic mass is 35.5. The van der Waals surface area contributed by atoms with Gasteiger partial charge in [0.15, 0.2) is 5.96 Å². The first-order valence-electron chi connectivity index (χ1n) is 4.89. The van der Waals surface area contributed by atoms with E-state index in [1.165, 1.54) is 0 Å². The van der Waals surface area contributed by atoms with Crippen LogP contribution in [-0.2, 0) is 6.18 Å². The lowest BCUT2D eigenvalue weighted by molar-refractivity contribution is -0.137. The standard InChI is InChI=1S/C10H8ClF3N6/c11-6-2-5(10(12,13)14)1-4(3-15)7(6)19-9(18)20-8(16)17/h1-2H,(H6,16,17,18,19,20). The highest BCUT2D eigenvalue weighted by Gasteiger charge is 2.32. The lowest BCUT2D eigenvalue weighted by Crippen LogP contribution is -2.26. The Morgan fingerprint density at radius 3 is 2.30 bits per heavy atom. The smallest absolute Gasteiger partial charge is 0.370 e. The van der Waals surface area contributed by atoms with Gasteiger partial charge in [0.1, 0.15) is 11.8 Å². The van der Waals surface area contributed by atoms with Crippen LogP contribution in [0.3, 0.4) is 0 Å². The molecule has 6 N–H and O–H groups in total. The summed E-state index contributed by atoms with van der Waals surface area (Å²) >= 11 is 5.68. The van der Waals surface area contributed by atoms with E-state index in [-0.39, 0.29) is 5.69 Å². The van der Waals surface area contributed by atoms with Gasteiger partial charge in [0.2, 0.25) is 5.96 Å². The first-order valence-corrected chi connectivity index (χ1v) is 5.27. The lowest BCUT2D eigenvalue weighted by Gasteiger charge is -2.09. The molecule has 106 valence electrons. The fourth-order valence-corrected chi connectivity index (χ4v) is 1.50. The maximum atomic E-state index is 12.6. The zero-order valence-corrected chi connectivity index (χ0v) is 10.5. The number of halogens is 4. The molecule has 0 amide bonds. The van der Waals surface area contributed by atoms with Crippen molar-refractivity contribution >= 4 is 29.2 Å². The Hall–Kier alpha value is -2.47. The number of rotatable bonds is 1. The van der Waals surface area contributed by atoms with Gasteiger partial charge in [0.05, 0.1) is 16.1 Å². The van der Waals surface area contributed by atoms with Gasteiger partial charge in [-0.3, -0.25) is 0 Å². The third kappa shape index (κ3) is 3.76. The summed E-state index contributed by atoms with van der Waals surface area (Å²) < 4.78 is 37.7. The molecule has 0 aliphatic carbocycles. The van der Waals surface area contributed by atoms with Gasteiger partial charge in [-0.25, -0.2) is 4.99 Å². The van der Waals surface area contributed by atoms with Crippen LogP contribution in [0.1, 0.15) is 11.1 Å². The van der Waals surface area contributed by atoms with Crippen molar-refractivity contribution in [3.8, 4) is 6.07 Å². The maximum absolute atomic E-state index is 12.6. The van der Waals surface area contributed by atoms with Gasteiger partial charge in [0, 0.05) is 0 Å². The molecule has 1 aromatic carbocycles. The van der Waals surface area contributed by atoms with E-state index in [1.807, 2.05) is 0 Å². The van der Waals surface area contributed by atoms with Crippen LogP contribution in [0.15, 0.2) is 22.1 Å². The van der Waals surface area contributed by atoms with Gasteiger partial charge in [-0.15, -0.1) is 0 Å². The van der Waals surface area contributed by atoms with Crippen LogP contribution in [0.25, 0.3) is 0 Å². The summed E-state index contributed by atoms with van der Waals surface area (Å²) in [6.45, 7) is 0. The minimum Gasteiger partial charge on any atom is -0.370 e. The predicted molar refractivity (Wildman–Crippen MR) is 68.3 cm³/mol. The van der Waals surface area contributed by atoms with Crippen LogP contribution in [0.4, 0.5) is 18.9 Å². The normalized spacial score (nSPS) is 11.8. The van der Waals surface area contributed by atoms with Gasteiger partial charge < -0.3 is 17.2 Å². The Morgan fingerprint density at radius 2 is 1.85 bits per heavy atom. The van der Waals surface area contributed by atoms with Crippen molar-refractivity contribution in [3.05, 3.63) is 28.3 Å². The first kappa shape index (κ1) is 15.6. The summed E-state index contributed by atoms with van der Waals surface area (Å²) in [6.07, 6.45) is -4.64. The average Bonchev–Trinajstić information content (AvgIpc) is 2.28. The number of nitrogens with two attached hydrogens (primary N) is 3. The zero-order valence-electron chi connectivity index (χ0n) is 9.74. The number of nitrogens with zero attached hydrogens (tertiary/aromatic N) is 3. The highest BCUT2D eigenvalue weighted by Crippen LogP contribution is 2.37. The molecule has 20 heavy (non-hydrogen) atoms. The maximum Gasteiger partial charge on any atom is 0.416 e. The second-order valence-electron chi connectivity index (χ2n) is 3.47. The Labute approximate surface area is 116 Å². The highest BCUT2D eigenvalue weighted by molar-refractivity contribution is 6.33. The van der Waals surface area contributed by atoms with Gasteiger partial charge in [-0.2, -0.15) is 23.4 Å². The molecule has 1 rings (SSSR count). The van der Waals surface area contributed by atoms with E-state index in [4.69, 9.17) is 34.1 Å². The molecule has 1 aromatic rings. The van der Waals surface area contributed by atoms with E-state index < -0.39 is 34.2 Å². The lowest BCUT2D eigenvalue weighted by atomic mass is 10.1. The molecule has 0 aliphatic rings. The van der Waals surface area contributed by atoms with E-state index in [0.29, 0.717) is 12.1 Å². The molecule has 0 saturated carbocycles. The van der Waals surface area contributed by atoms with Crippen molar-refractivity contribution in [1.29, 1.82) is 5.26 Å². The molecule has 0 spiro atoms. The molecule has 6 nitrogen and oxygen atoms in total. The summed E-state index contributed by atoms with van der Waals surface area (Å²) in [4.78, 5) is 6.99. The molecule has 10 heteroatoms. The SMILES string of the molecule is N#Cc1cc(C(F)(F)F)cc(Cl)c1N=C(N)N=C(N)N. The van der Waals surface area contributed by atoms with Crippen molar-refractivity contribution in [1.82, 2.24) is 0 Å². The van der Waals surface area contributed by atoms with Crippen molar-refractivity contribution in [2.24, 2.45) is 27.2 Å². The first-order chi connectivity index (χ1) is 9.15. The molecule has 0 saturated heterocycles. The molecule has 0 aliphatic heterocycles. The quantitative estimate of drug-likeness (QED) is 0.536. The molecule has 0 atom stereocenters. The van der Waals surface area contributed by atoms with E-state index >= 15 is 0 Å². The van der Waals surface area contributed by atoms with E-state index in [0.717, 1.165) is 0 Å². The van der Waals surface area contributed by atoms with E-state index in [9.17, 15) is 13.2 Å². The number of hydrogen-bond donors (Lipinski definition) is 3. The van der Waals surface area contributed by atoms with Crippen LogP contribution in [0, 0.1) is 11.3 Å². The Bertz CT molecular complexity index is 625. The number of guanidine groups is 2. The van der Waals surface area contributed by atoms with Gasteiger partial charge >= 0.3 is 6.18 Å². The van der Waals surface area contributed by atoms with Gasteiger partial charge in [-0.1, -0.05) is 11.6 Å². The topological polar surface area (TPSA) is 127 Å². The van der Waals surface area contributed by atoms with Crippen molar-refractivity contribution in [3.63, 3.8) is 0 Å². The van der Waals surface area contributed by atoms with E-state index in [2.05, 4.69) is 9.98 Å². The van der Waals surface area contributed by atoms with Crippen LogP contribution in [-0.4, -0.2) is 11.9 Å². The Balaban J connectivity index is 3.44. The molecule has 0 fully saturated rings. The van der Waals surface area contributed by atoms with Gasteiger partial charge in [0.25, 0.3) is 0 Å². The number of alkyl halides is 3. The average molecular weight is 305 g/mol. The molecule has 0 bridgehead atoms. The Morgan fingerprint density at radius 1 is 1.25 bits per heavy atom. The van der Waals surface area contributed by atoms with Crippen molar-refractivity contribution in [2.45, 2.75) is 6.18 Å². The molecular formula is C10H8ClF3N6. The largest absolute Gasteiger partial charge is 0.416 e. The summed E-state index contributed by atoms with van der Waals surface area (Å²) in [5.41, 5.74) is 13.7. The van der Waals surface area contributed by atoms with Crippen LogP contribution < -0.4 is 17.2 Å². The fourth-order valence-electron chi connectivity index (χ4n) is 1.23. The number of aliphatic imine (C=N–C) groups is 2. The summed E-state index contributed by atoms with van der Waals surface area (Å²) in [7, 11) is 0.